The lowest BCUT2D eigenvalue weighted by Crippen LogP contribution is -2.39. The molecule has 2 aromatic rings. The van der Waals surface area contributed by atoms with Crippen molar-refractivity contribution in [3.05, 3.63) is 59.7 Å². The van der Waals surface area contributed by atoms with E-state index < -0.39 is 11.8 Å². The maximum absolute atomic E-state index is 11.9. The van der Waals surface area contributed by atoms with Crippen LogP contribution in [0.1, 0.15) is 18.1 Å². The second-order valence-electron chi connectivity index (χ2n) is 5.25. The zero-order valence-electron chi connectivity index (χ0n) is 14.4. The molecule has 2 aromatic carbocycles. The second kappa shape index (κ2) is 9.32. The third-order valence-electron chi connectivity index (χ3n) is 3.53. The van der Waals surface area contributed by atoms with Crippen LogP contribution in [0, 0.1) is 0 Å². The Bertz CT molecular complexity index is 714. The molecular weight excluding hydrogens is 320 g/mol. The number of rotatable bonds is 7. The lowest BCUT2D eigenvalue weighted by atomic mass is 10.2. The number of benzene rings is 2. The molecule has 0 radical (unpaired) electrons. The van der Waals surface area contributed by atoms with Gasteiger partial charge in [-0.1, -0.05) is 30.3 Å². The quantitative estimate of drug-likeness (QED) is 0.755. The summed E-state index contributed by atoms with van der Waals surface area (Å²) < 4.78 is 10.6. The van der Waals surface area contributed by atoms with Gasteiger partial charge >= 0.3 is 11.8 Å². The molecule has 132 valence electrons. The van der Waals surface area contributed by atoms with E-state index in [2.05, 4.69) is 10.6 Å². The van der Waals surface area contributed by atoms with Gasteiger partial charge in [-0.3, -0.25) is 9.59 Å². The van der Waals surface area contributed by atoms with Gasteiger partial charge in [0.15, 0.2) is 0 Å². The van der Waals surface area contributed by atoms with Gasteiger partial charge in [0.1, 0.15) is 11.5 Å². The van der Waals surface area contributed by atoms with Crippen molar-refractivity contribution in [2.45, 2.75) is 20.0 Å². The highest BCUT2D eigenvalue weighted by molar-refractivity contribution is 6.35. The number of hydrogen-bond acceptors (Lipinski definition) is 4. The molecule has 0 bridgehead atoms. The van der Waals surface area contributed by atoms with E-state index in [0.717, 1.165) is 16.9 Å². The van der Waals surface area contributed by atoms with Crippen LogP contribution in [0.15, 0.2) is 48.5 Å². The largest absolute Gasteiger partial charge is 0.496 e. The van der Waals surface area contributed by atoms with Gasteiger partial charge in [-0.2, -0.15) is 0 Å². The third-order valence-corrected chi connectivity index (χ3v) is 3.53. The number of carbonyl (C=O) groups excluding carboxylic acids is 2. The first-order valence-corrected chi connectivity index (χ1v) is 8.03. The maximum atomic E-state index is 11.9. The minimum atomic E-state index is -0.683. The number of ether oxygens (including phenoxy) is 2. The van der Waals surface area contributed by atoms with Crippen molar-refractivity contribution in [1.82, 2.24) is 10.6 Å². The molecule has 0 saturated heterocycles. The summed E-state index contributed by atoms with van der Waals surface area (Å²) in [6, 6.07) is 14.7. The Balaban J connectivity index is 1.81. The number of nitrogens with one attached hydrogen (secondary N) is 2. The summed E-state index contributed by atoms with van der Waals surface area (Å²) in [4.78, 5) is 23.8. The Kier molecular flexibility index (Phi) is 6.83. The van der Waals surface area contributed by atoms with Crippen molar-refractivity contribution in [3.63, 3.8) is 0 Å². The predicted molar refractivity (Wildman–Crippen MR) is 94.3 cm³/mol. The molecule has 0 unspecified atom stereocenters. The topological polar surface area (TPSA) is 76.7 Å². The van der Waals surface area contributed by atoms with E-state index in [9.17, 15) is 9.59 Å². The van der Waals surface area contributed by atoms with Crippen molar-refractivity contribution in [2.24, 2.45) is 0 Å². The molecule has 0 aromatic heterocycles. The molecule has 0 spiro atoms. The van der Waals surface area contributed by atoms with Gasteiger partial charge in [0, 0.05) is 18.7 Å². The van der Waals surface area contributed by atoms with E-state index in [4.69, 9.17) is 9.47 Å². The fraction of sp³-hybridized carbons (Fsp3) is 0.263. The van der Waals surface area contributed by atoms with Crippen molar-refractivity contribution in [2.75, 3.05) is 13.7 Å². The molecule has 6 nitrogen and oxygen atoms in total. The highest BCUT2D eigenvalue weighted by atomic mass is 16.5. The molecule has 0 aliphatic carbocycles. The van der Waals surface area contributed by atoms with Gasteiger partial charge in [-0.05, 0) is 30.7 Å². The van der Waals surface area contributed by atoms with Crippen LogP contribution in [0.5, 0.6) is 11.5 Å². The van der Waals surface area contributed by atoms with Gasteiger partial charge in [-0.15, -0.1) is 0 Å². The number of methoxy groups -OCH3 is 1. The predicted octanol–water partition coefficient (Wildman–Crippen LogP) is 2.03. The summed E-state index contributed by atoms with van der Waals surface area (Å²) in [6.07, 6.45) is 0. The van der Waals surface area contributed by atoms with E-state index in [1.165, 1.54) is 0 Å². The number of para-hydroxylation sites is 1. The zero-order chi connectivity index (χ0) is 18.1. The van der Waals surface area contributed by atoms with E-state index in [-0.39, 0.29) is 13.1 Å². The average Bonchev–Trinajstić information content (AvgIpc) is 2.65. The molecule has 0 fully saturated rings. The second-order valence-corrected chi connectivity index (χ2v) is 5.25. The first-order chi connectivity index (χ1) is 12.1. The standard InChI is InChI=1S/C19H22N2O4/c1-3-25-16-10-8-14(9-11-16)12-20-18(22)19(23)21-13-15-6-4-5-7-17(15)24-2/h4-11H,3,12-13H2,1-2H3,(H,20,22)(H,21,23). The lowest BCUT2D eigenvalue weighted by molar-refractivity contribution is -0.139. The number of carbonyl (C=O) groups is 2. The minimum Gasteiger partial charge on any atom is -0.496 e. The smallest absolute Gasteiger partial charge is 0.309 e. The molecular formula is C19H22N2O4. The van der Waals surface area contributed by atoms with E-state index in [1.54, 1.807) is 13.2 Å². The summed E-state index contributed by atoms with van der Waals surface area (Å²) in [5, 5.41) is 5.18. The van der Waals surface area contributed by atoms with Gasteiger partial charge in [0.25, 0.3) is 0 Å². The Morgan fingerprint density at radius 1 is 0.920 bits per heavy atom. The van der Waals surface area contributed by atoms with Crippen LogP contribution in [0.4, 0.5) is 0 Å². The Morgan fingerprint density at radius 3 is 2.20 bits per heavy atom. The van der Waals surface area contributed by atoms with Crippen LogP contribution < -0.4 is 20.1 Å². The van der Waals surface area contributed by atoms with Crippen LogP contribution in [-0.2, 0) is 22.7 Å². The van der Waals surface area contributed by atoms with Gasteiger partial charge < -0.3 is 20.1 Å². The Labute approximate surface area is 147 Å². The molecule has 25 heavy (non-hydrogen) atoms. The maximum Gasteiger partial charge on any atom is 0.309 e. The zero-order valence-corrected chi connectivity index (χ0v) is 14.4. The van der Waals surface area contributed by atoms with Crippen molar-refractivity contribution >= 4 is 11.8 Å². The fourth-order valence-electron chi connectivity index (χ4n) is 2.24. The first kappa shape index (κ1) is 18.3. The normalized spacial score (nSPS) is 10.0. The highest BCUT2D eigenvalue weighted by Crippen LogP contribution is 2.16. The first-order valence-electron chi connectivity index (χ1n) is 8.03. The van der Waals surface area contributed by atoms with Crippen LogP contribution in [-0.4, -0.2) is 25.5 Å². The molecule has 0 atom stereocenters. The minimum absolute atomic E-state index is 0.222. The number of hydrogen-bond donors (Lipinski definition) is 2. The molecule has 0 heterocycles. The molecule has 2 N–H and O–H groups in total. The molecule has 0 aliphatic rings. The Hall–Kier alpha value is -3.02. The molecule has 6 heteroatoms. The van der Waals surface area contributed by atoms with Crippen LogP contribution in [0.2, 0.25) is 0 Å². The highest BCUT2D eigenvalue weighted by Gasteiger charge is 2.13. The van der Waals surface area contributed by atoms with Crippen LogP contribution in [0.25, 0.3) is 0 Å². The van der Waals surface area contributed by atoms with Crippen molar-refractivity contribution < 1.29 is 19.1 Å². The molecule has 0 aliphatic heterocycles. The van der Waals surface area contributed by atoms with Crippen molar-refractivity contribution in [1.29, 1.82) is 0 Å². The third kappa shape index (κ3) is 5.53. The van der Waals surface area contributed by atoms with Gasteiger partial charge in [0.05, 0.1) is 13.7 Å². The average molecular weight is 342 g/mol. The van der Waals surface area contributed by atoms with Crippen LogP contribution >= 0.6 is 0 Å². The summed E-state index contributed by atoms with van der Waals surface area (Å²) in [5.41, 5.74) is 1.69. The summed E-state index contributed by atoms with van der Waals surface area (Å²) in [7, 11) is 1.56. The van der Waals surface area contributed by atoms with Crippen LogP contribution in [0.3, 0.4) is 0 Å². The van der Waals surface area contributed by atoms with E-state index in [1.807, 2.05) is 49.4 Å². The van der Waals surface area contributed by atoms with E-state index >= 15 is 0 Å². The molecule has 2 rings (SSSR count). The number of amides is 2. The monoisotopic (exact) mass is 342 g/mol. The summed E-state index contributed by atoms with van der Waals surface area (Å²) in [6.45, 7) is 3.01. The molecule has 2 amide bonds. The fourth-order valence-corrected chi connectivity index (χ4v) is 2.24. The molecule has 0 saturated carbocycles. The SMILES string of the molecule is CCOc1ccc(CNC(=O)C(=O)NCc2ccccc2OC)cc1. The van der Waals surface area contributed by atoms with E-state index in [0.29, 0.717) is 12.4 Å². The summed E-state index contributed by atoms with van der Waals surface area (Å²) >= 11 is 0. The van der Waals surface area contributed by atoms with Crippen molar-refractivity contribution in [3.8, 4) is 11.5 Å². The Morgan fingerprint density at radius 2 is 1.56 bits per heavy atom. The summed E-state index contributed by atoms with van der Waals surface area (Å²) in [5.74, 6) is 0.0744. The van der Waals surface area contributed by atoms with Gasteiger partial charge in [0.2, 0.25) is 0 Å². The lowest BCUT2D eigenvalue weighted by Gasteiger charge is -2.10. The van der Waals surface area contributed by atoms with Gasteiger partial charge in [-0.25, -0.2) is 0 Å².